The average Bonchev–Trinajstić information content (AvgIpc) is 3.30. The zero-order chi connectivity index (χ0) is 24.5. The highest BCUT2D eigenvalue weighted by atomic mass is 79.9. The Labute approximate surface area is 222 Å². The number of benzene rings is 3. The molecule has 1 aromatic heterocycles. The molecule has 0 saturated carbocycles. The summed E-state index contributed by atoms with van der Waals surface area (Å²) in [6.45, 7) is 1.06. The third-order valence-corrected chi connectivity index (χ3v) is 7.13. The third kappa shape index (κ3) is 4.59. The largest absolute Gasteiger partial charge is 0.490 e. The SMILES string of the molecule is CN1C(=S)N(c2ccccc2)C(=O)/C1=C/c1cn(CCOc2ccccc2Cl)c2ccc(Br)cc12. The number of likely N-dealkylation sites (N-methyl/N-ethyl adjacent to an activating group) is 1. The van der Waals surface area contributed by atoms with Gasteiger partial charge < -0.3 is 14.2 Å². The normalized spacial score (nSPS) is 15.0. The van der Waals surface area contributed by atoms with E-state index in [1.807, 2.05) is 80.0 Å². The molecule has 0 spiro atoms. The molecule has 0 bridgehead atoms. The Morgan fingerprint density at radius 1 is 1.06 bits per heavy atom. The predicted octanol–water partition coefficient (Wildman–Crippen LogP) is 6.74. The fourth-order valence-electron chi connectivity index (χ4n) is 4.12. The van der Waals surface area contributed by atoms with E-state index in [-0.39, 0.29) is 5.91 Å². The molecule has 4 aromatic rings. The molecule has 1 saturated heterocycles. The number of ether oxygens (including phenoxy) is 1. The molecule has 1 fully saturated rings. The van der Waals surface area contributed by atoms with Crippen molar-refractivity contribution in [2.45, 2.75) is 6.54 Å². The van der Waals surface area contributed by atoms with Crippen molar-refractivity contribution in [3.63, 3.8) is 0 Å². The highest BCUT2D eigenvalue weighted by Crippen LogP contribution is 2.32. The highest BCUT2D eigenvalue weighted by Gasteiger charge is 2.36. The van der Waals surface area contributed by atoms with Crippen LogP contribution in [0.2, 0.25) is 5.02 Å². The maximum absolute atomic E-state index is 13.4. The van der Waals surface area contributed by atoms with Crippen molar-refractivity contribution in [1.82, 2.24) is 9.47 Å². The number of hydrogen-bond acceptors (Lipinski definition) is 3. The number of carbonyl (C=O) groups is 1. The van der Waals surface area contributed by atoms with E-state index in [1.54, 1.807) is 9.80 Å². The molecule has 8 heteroatoms. The van der Waals surface area contributed by atoms with Crippen LogP contribution in [0, 0.1) is 0 Å². The van der Waals surface area contributed by atoms with Gasteiger partial charge in [0.25, 0.3) is 5.91 Å². The maximum Gasteiger partial charge on any atom is 0.281 e. The number of hydrogen-bond donors (Lipinski definition) is 0. The first-order valence-electron chi connectivity index (χ1n) is 11.0. The molecule has 0 aliphatic carbocycles. The number of aromatic nitrogens is 1. The number of anilines is 1. The molecule has 0 unspecified atom stereocenters. The van der Waals surface area contributed by atoms with Gasteiger partial charge in [0.15, 0.2) is 5.11 Å². The van der Waals surface area contributed by atoms with E-state index in [2.05, 4.69) is 32.6 Å². The molecule has 35 heavy (non-hydrogen) atoms. The molecule has 1 amide bonds. The van der Waals surface area contributed by atoms with E-state index in [0.29, 0.717) is 34.7 Å². The average molecular weight is 567 g/mol. The van der Waals surface area contributed by atoms with E-state index in [4.69, 9.17) is 28.6 Å². The summed E-state index contributed by atoms with van der Waals surface area (Å²) in [5.41, 5.74) is 3.23. The van der Waals surface area contributed by atoms with Gasteiger partial charge in [0.2, 0.25) is 0 Å². The second-order valence-corrected chi connectivity index (χ2v) is 9.75. The van der Waals surface area contributed by atoms with Crippen LogP contribution in [0.3, 0.4) is 0 Å². The second-order valence-electron chi connectivity index (χ2n) is 8.07. The summed E-state index contributed by atoms with van der Waals surface area (Å²) >= 11 is 15.4. The quantitative estimate of drug-likeness (QED) is 0.191. The van der Waals surface area contributed by atoms with Gasteiger partial charge in [-0.05, 0) is 60.8 Å². The van der Waals surface area contributed by atoms with Crippen LogP contribution in [0.15, 0.2) is 89.2 Å². The summed E-state index contributed by atoms with van der Waals surface area (Å²) in [4.78, 5) is 16.7. The molecular weight excluding hydrogens is 546 g/mol. The van der Waals surface area contributed by atoms with E-state index in [9.17, 15) is 4.79 Å². The van der Waals surface area contributed by atoms with Gasteiger partial charge in [0.05, 0.1) is 17.3 Å². The minimum absolute atomic E-state index is 0.151. The van der Waals surface area contributed by atoms with Crippen molar-refractivity contribution < 1.29 is 9.53 Å². The third-order valence-electron chi connectivity index (χ3n) is 5.87. The standard InChI is InChI=1S/C27H21BrClN3O2S/c1-30-24(26(33)32(27(30)35)20-7-3-2-4-8-20)15-18-17-31(23-12-11-19(28)16-21(18)23)13-14-34-25-10-6-5-9-22(25)29/h2-12,15-17H,13-14H2,1H3/b24-15-. The van der Waals surface area contributed by atoms with Gasteiger partial charge in [-0.3, -0.25) is 9.69 Å². The van der Waals surface area contributed by atoms with Crippen LogP contribution < -0.4 is 9.64 Å². The molecule has 176 valence electrons. The van der Waals surface area contributed by atoms with Crippen molar-refractivity contribution in [3.8, 4) is 5.75 Å². The zero-order valence-corrected chi connectivity index (χ0v) is 22.0. The molecule has 1 aliphatic rings. The molecule has 2 heterocycles. The molecule has 3 aromatic carbocycles. The Morgan fingerprint density at radius 3 is 2.57 bits per heavy atom. The van der Waals surface area contributed by atoms with E-state index in [1.165, 1.54) is 0 Å². The van der Waals surface area contributed by atoms with Gasteiger partial charge in [-0.15, -0.1) is 0 Å². The predicted molar refractivity (Wildman–Crippen MR) is 149 cm³/mol. The van der Waals surface area contributed by atoms with Crippen molar-refractivity contribution in [3.05, 3.63) is 99.7 Å². The number of halogens is 2. The van der Waals surface area contributed by atoms with Crippen LogP contribution in [0.4, 0.5) is 5.69 Å². The van der Waals surface area contributed by atoms with Gasteiger partial charge in [0, 0.05) is 34.2 Å². The van der Waals surface area contributed by atoms with Crippen LogP contribution in [0.1, 0.15) is 5.56 Å². The monoisotopic (exact) mass is 565 g/mol. The number of fused-ring (bicyclic) bond motifs is 1. The van der Waals surface area contributed by atoms with Crippen molar-refractivity contribution in [1.29, 1.82) is 0 Å². The molecular formula is C27H21BrClN3O2S. The van der Waals surface area contributed by atoms with Crippen molar-refractivity contribution in [2.75, 3.05) is 18.6 Å². The molecule has 0 N–H and O–H groups in total. The van der Waals surface area contributed by atoms with Crippen molar-refractivity contribution in [2.24, 2.45) is 0 Å². The van der Waals surface area contributed by atoms with Gasteiger partial charge in [0.1, 0.15) is 18.1 Å². The fraction of sp³-hybridized carbons (Fsp3) is 0.111. The first kappa shape index (κ1) is 23.6. The van der Waals surface area contributed by atoms with Crippen LogP contribution in [0.5, 0.6) is 5.75 Å². The minimum atomic E-state index is -0.151. The van der Waals surface area contributed by atoms with E-state index in [0.717, 1.165) is 26.6 Å². The number of amides is 1. The molecule has 0 atom stereocenters. The van der Waals surface area contributed by atoms with Crippen LogP contribution >= 0.6 is 39.7 Å². The smallest absolute Gasteiger partial charge is 0.281 e. The van der Waals surface area contributed by atoms with Gasteiger partial charge in [-0.2, -0.15) is 0 Å². The summed E-state index contributed by atoms with van der Waals surface area (Å²) in [7, 11) is 1.82. The lowest BCUT2D eigenvalue weighted by Crippen LogP contribution is -2.30. The lowest BCUT2D eigenvalue weighted by Gasteiger charge is -2.16. The number of carbonyl (C=O) groups excluding carboxylic acids is 1. The van der Waals surface area contributed by atoms with Crippen molar-refractivity contribution >= 4 is 73.4 Å². The molecule has 0 radical (unpaired) electrons. The summed E-state index contributed by atoms with van der Waals surface area (Å²) < 4.78 is 8.99. The first-order valence-corrected chi connectivity index (χ1v) is 12.6. The molecule has 5 rings (SSSR count). The summed E-state index contributed by atoms with van der Waals surface area (Å²) in [5, 5.41) is 2.06. The second kappa shape index (κ2) is 9.85. The summed E-state index contributed by atoms with van der Waals surface area (Å²) in [6, 6.07) is 23.0. The van der Waals surface area contributed by atoms with E-state index < -0.39 is 0 Å². The molecule has 5 nitrogen and oxygen atoms in total. The summed E-state index contributed by atoms with van der Waals surface area (Å²) in [6.07, 6.45) is 3.94. The van der Waals surface area contributed by atoms with Crippen LogP contribution in [-0.4, -0.2) is 34.1 Å². The molecule has 1 aliphatic heterocycles. The Balaban J connectivity index is 1.47. The van der Waals surface area contributed by atoms with Gasteiger partial charge in [-0.25, -0.2) is 0 Å². The minimum Gasteiger partial charge on any atom is -0.490 e. The first-order chi connectivity index (χ1) is 16.9. The lowest BCUT2D eigenvalue weighted by atomic mass is 10.1. The van der Waals surface area contributed by atoms with Gasteiger partial charge >= 0.3 is 0 Å². The topological polar surface area (TPSA) is 37.7 Å². The summed E-state index contributed by atoms with van der Waals surface area (Å²) in [5.74, 6) is 0.505. The number of nitrogens with zero attached hydrogens (tertiary/aromatic N) is 3. The zero-order valence-electron chi connectivity index (χ0n) is 18.8. The van der Waals surface area contributed by atoms with Crippen LogP contribution in [-0.2, 0) is 11.3 Å². The Hall–Kier alpha value is -3.13. The number of thiocarbonyl (C=S) groups is 1. The fourth-order valence-corrected chi connectivity index (χ4v) is 4.96. The lowest BCUT2D eigenvalue weighted by molar-refractivity contribution is -0.114. The van der Waals surface area contributed by atoms with E-state index >= 15 is 0 Å². The Kier molecular flexibility index (Phi) is 6.65. The van der Waals surface area contributed by atoms with Crippen LogP contribution in [0.25, 0.3) is 17.0 Å². The van der Waals surface area contributed by atoms with Gasteiger partial charge in [-0.1, -0.05) is 57.9 Å². The Bertz CT molecular complexity index is 1470. The highest BCUT2D eigenvalue weighted by molar-refractivity contribution is 9.10. The Morgan fingerprint density at radius 2 is 1.80 bits per heavy atom. The maximum atomic E-state index is 13.4. The number of rotatable bonds is 6. The number of para-hydroxylation sites is 2.